The van der Waals surface area contributed by atoms with Crippen molar-refractivity contribution in [2.24, 2.45) is 0 Å². The molecule has 0 saturated carbocycles. The van der Waals surface area contributed by atoms with Gasteiger partial charge < -0.3 is 10.4 Å². The number of imide groups is 1. The number of amides is 3. The lowest BCUT2D eigenvalue weighted by Gasteiger charge is -2.08. The predicted molar refractivity (Wildman–Crippen MR) is 75.1 cm³/mol. The van der Waals surface area contributed by atoms with E-state index in [1.54, 1.807) is 0 Å². The number of carbonyl (C=O) groups is 3. The van der Waals surface area contributed by atoms with Crippen molar-refractivity contribution in [3.05, 3.63) is 28.2 Å². The van der Waals surface area contributed by atoms with E-state index in [9.17, 15) is 14.4 Å². The van der Waals surface area contributed by atoms with Crippen LogP contribution >= 0.6 is 23.2 Å². The highest BCUT2D eigenvalue weighted by molar-refractivity contribution is 6.36. The first kappa shape index (κ1) is 16.3. The van der Waals surface area contributed by atoms with Crippen molar-refractivity contribution in [1.82, 2.24) is 5.32 Å². The maximum atomic E-state index is 11.5. The second kappa shape index (κ2) is 7.72. The number of aliphatic carboxylic acids is 1. The Kier molecular flexibility index (Phi) is 6.27. The van der Waals surface area contributed by atoms with Gasteiger partial charge in [0.15, 0.2) is 0 Å². The molecule has 1 aromatic carbocycles. The summed E-state index contributed by atoms with van der Waals surface area (Å²) in [4.78, 5) is 33.1. The number of carbonyl (C=O) groups excluding carboxylic acids is 2. The van der Waals surface area contributed by atoms with Gasteiger partial charge in [0.2, 0.25) is 5.91 Å². The molecule has 108 valence electrons. The van der Waals surface area contributed by atoms with Gasteiger partial charge in [0, 0.05) is 17.9 Å². The van der Waals surface area contributed by atoms with Crippen LogP contribution in [0.25, 0.3) is 0 Å². The number of urea groups is 1. The topological polar surface area (TPSA) is 95.5 Å². The largest absolute Gasteiger partial charge is 0.481 e. The van der Waals surface area contributed by atoms with Crippen LogP contribution in [0.2, 0.25) is 10.0 Å². The van der Waals surface area contributed by atoms with Gasteiger partial charge in [-0.3, -0.25) is 14.9 Å². The van der Waals surface area contributed by atoms with Gasteiger partial charge in [-0.25, -0.2) is 4.79 Å². The summed E-state index contributed by atoms with van der Waals surface area (Å²) in [7, 11) is 0. The zero-order chi connectivity index (χ0) is 15.1. The Morgan fingerprint density at radius 2 is 1.85 bits per heavy atom. The van der Waals surface area contributed by atoms with Gasteiger partial charge in [-0.2, -0.15) is 0 Å². The number of anilines is 1. The van der Waals surface area contributed by atoms with Crippen molar-refractivity contribution in [3.8, 4) is 0 Å². The minimum absolute atomic E-state index is 0.0475. The minimum atomic E-state index is -0.991. The summed E-state index contributed by atoms with van der Waals surface area (Å²) in [6.45, 7) is 0. The van der Waals surface area contributed by atoms with Gasteiger partial charge in [-0.1, -0.05) is 23.2 Å². The molecule has 0 aromatic heterocycles. The Morgan fingerprint density at radius 3 is 2.45 bits per heavy atom. The van der Waals surface area contributed by atoms with Gasteiger partial charge in [-0.15, -0.1) is 0 Å². The highest BCUT2D eigenvalue weighted by Gasteiger charge is 2.10. The molecule has 6 nitrogen and oxygen atoms in total. The fraction of sp³-hybridized carbons (Fsp3) is 0.250. The molecular formula is C12H12Cl2N2O4. The number of carboxylic acid groups (broad SMARTS) is 1. The maximum Gasteiger partial charge on any atom is 0.325 e. The van der Waals surface area contributed by atoms with Crippen LogP contribution in [0, 0.1) is 0 Å². The van der Waals surface area contributed by atoms with Gasteiger partial charge in [-0.05, 0) is 24.6 Å². The van der Waals surface area contributed by atoms with Crippen molar-refractivity contribution in [2.45, 2.75) is 19.3 Å². The molecule has 0 atom stereocenters. The average molecular weight is 319 g/mol. The number of halogens is 2. The van der Waals surface area contributed by atoms with E-state index in [1.165, 1.54) is 18.2 Å². The van der Waals surface area contributed by atoms with E-state index in [0.29, 0.717) is 10.7 Å². The number of nitrogens with one attached hydrogen (secondary N) is 2. The molecule has 0 fully saturated rings. The summed E-state index contributed by atoms with van der Waals surface area (Å²) in [5.74, 6) is -1.55. The zero-order valence-electron chi connectivity index (χ0n) is 10.3. The summed E-state index contributed by atoms with van der Waals surface area (Å²) in [6.07, 6.45) is -0.0116. The molecule has 3 amide bonds. The van der Waals surface area contributed by atoms with E-state index >= 15 is 0 Å². The highest BCUT2D eigenvalue weighted by Crippen LogP contribution is 2.25. The average Bonchev–Trinajstić information content (AvgIpc) is 2.32. The lowest BCUT2D eigenvalue weighted by Crippen LogP contribution is -2.34. The Bertz CT molecular complexity index is 534. The lowest BCUT2D eigenvalue weighted by molar-refractivity contribution is -0.137. The Balaban J connectivity index is 2.43. The quantitative estimate of drug-likeness (QED) is 0.777. The number of carboxylic acids is 1. The molecule has 0 aliphatic carbocycles. The monoisotopic (exact) mass is 318 g/mol. The van der Waals surface area contributed by atoms with E-state index in [4.69, 9.17) is 28.3 Å². The summed E-state index contributed by atoms with van der Waals surface area (Å²) in [6, 6.07) is 3.75. The van der Waals surface area contributed by atoms with Gasteiger partial charge in [0.25, 0.3) is 0 Å². The van der Waals surface area contributed by atoms with Crippen LogP contribution < -0.4 is 10.6 Å². The Labute approximate surface area is 125 Å². The normalized spacial score (nSPS) is 9.90. The van der Waals surface area contributed by atoms with Crippen LogP contribution in [0.5, 0.6) is 0 Å². The zero-order valence-corrected chi connectivity index (χ0v) is 11.8. The highest BCUT2D eigenvalue weighted by atomic mass is 35.5. The molecule has 20 heavy (non-hydrogen) atoms. The van der Waals surface area contributed by atoms with Crippen LogP contribution in [-0.2, 0) is 9.59 Å². The van der Waals surface area contributed by atoms with E-state index < -0.39 is 17.9 Å². The summed E-state index contributed by atoms with van der Waals surface area (Å²) in [5, 5.41) is 13.5. The van der Waals surface area contributed by atoms with Crippen molar-refractivity contribution in [2.75, 3.05) is 5.32 Å². The van der Waals surface area contributed by atoms with Crippen LogP contribution in [0.15, 0.2) is 18.2 Å². The second-order valence-corrected chi connectivity index (χ2v) is 4.72. The molecule has 0 heterocycles. The van der Waals surface area contributed by atoms with Crippen LogP contribution in [0.4, 0.5) is 10.5 Å². The first-order valence-corrected chi connectivity index (χ1v) is 6.42. The van der Waals surface area contributed by atoms with Gasteiger partial charge in [0.1, 0.15) is 0 Å². The Hall–Kier alpha value is -1.79. The number of hydrogen-bond donors (Lipinski definition) is 3. The fourth-order valence-electron chi connectivity index (χ4n) is 1.33. The summed E-state index contributed by atoms with van der Waals surface area (Å²) >= 11 is 11.6. The molecule has 0 radical (unpaired) electrons. The van der Waals surface area contributed by atoms with E-state index in [1.807, 2.05) is 0 Å². The lowest BCUT2D eigenvalue weighted by atomic mass is 10.2. The maximum absolute atomic E-state index is 11.5. The Morgan fingerprint density at radius 1 is 1.15 bits per heavy atom. The van der Waals surface area contributed by atoms with Crippen molar-refractivity contribution in [1.29, 1.82) is 0 Å². The standard InChI is InChI=1S/C12H12Cl2N2O4/c13-7-4-5-9(8(14)6-7)15-12(20)16-10(17)2-1-3-11(18)19/h4-6H,1-3H2,(H,18,19)(H2,15,16,17,20). The number of rotatable bonds is 5. The van der Waals surface area contributed by atoms with E-state index in [0.717, 1.165) is 0 Å². The summed E-state index contributed by atoms with van der Waals surface area (Å²) in [5.41, 5.74) is 0.312. The SMILES string of the molecule is O=C(O)CCCC(=O)NC(=O)Nc1ccc(Cl)cc1Cl. The van der Waals surface area contributed by atoms with Crippen molar-refractivity contribution in [3.63, 3.8) is 0 Å². The third kappa shape index (κ3) is 5.90. The van der Waals surface area contributed by atoms with Crippen molar-refractivity contribution < 1.29 is 19.5 Å². The number of hydrogen-bond acceptors (Lipinski definition) is 3. The predicted octanol–water partition coefficient (Wildman–Crippen LogP) is 2.90. The molecule has 0 spiro atoms. The molecular weight excluding hydrogens is 307 g/mol. The molecule has 1 aromatic rings. The molecule has 0 aliphatic rings. The molecule has 8 heteroatoms. The third-order valence-corrected chi connectivity index (χ3v) is 2.77. The van der Waals surface area contributed by atoms with Crippen molar-refractivity contribution >= 4 is 46.8 Å². The van der Waals surface area contributed by atoms with E-state index in [2.05, 4.69) is 10.6 Å². The summed E-state index contributed by atoms with van der Waals surface area (Å²) < 4.78 is 0. The molecule has 1 rings (SSSR count). The minimum Gasteiger partial charge on any atom is -0.481 e. The smallest absolute Gasteiger partial charge is 0.325 e. The van der Waals surface area contributed by atoms with E-state index in [-0.39, 0.29) is 24.3 Å². The first-order valence-electron chi connectivity index (χ1n) is 5.66. The first-order chi connectivity index (χ1) is 9.38. The van der Waals surface area contributed by atoms with Crippen LogP contribution in [-0.4, -0.2) is 23.0 Å². The van der Waals surface area contributed by atoms with Crippen LogP contribution in [0.3, 0.4) is 0 Å². The number of benzene rings is 1. The second-order valence-electron chi connectivity index (χ2n) is 3.87. The molecule has 0 aliphatic heterocycles. The molecule has 0 bridgehead atoms. The molecule has 3 N–H and O–H groups in total. The van der Waals surface area contributed by atoms with Gasteiger partial charge in [0.05, 0.1) is 10.7 Å². The molecule has 0 unspecified atom stereocenters. The van der Waals surface area contributed by atoms with Gasteiger partial charge >= 0.3 is 12.0 Å². The van der Waals surface area contributed by atoms with Crippen LogP contribution in [0.1, 0.15) is 19.3 Å². The fourth-order valence-corrected chi connectivity index (χ4v) is 1.79. The third-order valence-electron chi connectivity index (χ3n) is 2.23. The molecule has 0 saturated heterocycles.